The fourth-order valence-electron chi connectivity index (χ4n) is 5.29. The second-order valence-electron chi connectivity index (χ2n) is 9.99. The molecule has 1 aliphatic carbocycles. The molecule has 9 nitrogen and oxygen atoms in total. The number of aromatic amines is 1. The van der Waals surface area contributed by atoms with E-state index in [1.165, 1.54) is 0 Å². The minimum Gasteiger partial charge on any atom is -0.341 e. The lowest BCUT2D eigenvalue weighted by Crippen LogP contribution is -2.48. The lowest BCUT2D eigenvalue weighted by atomic mass is 9.82. The highest BCUT2D eigenvalue weighted by Gasteiger charge is 2.33. The first-order valence-electron chi connectivity index (χ1n) is 12.5. The third-order valence-corrected chi connectivity index (χ3v) is 8.03. The van der Waals surface area contributed by atoms with Crippen LogP contribution in [0.15, 0.2) is 48.7 Å². The zero-order chi connectivity index (χ0) is 25.1. The molecule has 7 rings (SSSR count). The van der Waals surface area contributed by atoms with Crippen molar-refractivity contribution in [3.8, 4) is 17.3 Å². The van der Waals surface area contributed by atoms with E-state index in [2.05, 4.69) is 43.4 Å². The van der Waals surface area contributed by atoms with Crippen LogP contribution < -0.4 is 10.6 Å². The van der Waals surface area contributed by atoms with E-state index in [1.807, 2.05) is 41.2 Å². The molecule has 2 aromatic carbocycles. The van der Waals surface area contributed by atoms with E-state index in [1.54, 1.807) is 0 Å². The van der Waals surface area contributed by atoms with E-state index in [4.69, 9.17) is 22.3 Å². The van der Waals surface area contributed by atoms with Gasteiger partial charge in [0.25, 0.3) is 0 Å². The van der Waals surface area contributed by atoms with Gasteiger partial charge < -0.3 is 10.6 Å². The van der Waals surface area contributed by atoms with Crippen molar-refractivity contribution in [2.75, 3.05) is 18.0 Å². The molecule has 37 heavy (non-hydrogen) atoms. The van der Waals surface area contributed by atoms with Gasteiger partial charge in [0, 0.05) is 35.8 Å². The number of nitrogens with two attached hydrogens (primary N) is 1. The Balaban J connectivity index is 1.23. The van der Waals surface area contributed by atoms with Gasteiger partial charge in [-0.2, -0.15) is 20.4 Å². The summed E-state index contributed by atoms with van der Waals surface area (Å²) in [6.45, 7) is 1.38. The van der Waals surface area contributed by atoms with Crippen LogP contribution in [-0.2, 0) is 5.54 Å². The molecule has 0 unspecified atom stereocenters. The number of H-pyrrole nitrogens is 1. The van der Waals surface area contributed by atoms with Crippen molar-refractivity contribution >= 4 is 39.5 Å². The first-order chi connectivity index (χ1) is 18.0. The van der Waals surface area contributed by atoms with Crippen molar-refractivity contribution in [1.29, 1.82) is 5.26 Å². The zero-order valence-electron chi connectivity index (χ0n) is 20.0. The van der Waals surface area contributed by atoms with Crippen LogP contribution in [0, 0.1) is 11.3 Å². The number of rotatable bonds is 4. The number of nitrogens with one attached hydrogen (secondary N) is 1. The summed E-state index contributed by atoms with van der Waals surface area (Å²) in [7, 11) is 0. The number of nitriles is 1. The second kappa shape index (κ2) is 8.26. The number of nitrogens with zero attached hydrogens (tertiary/aromatic N) is 7. The molecule has 0 radical (unpaired) electrons. The van der Waals surface area contributed by atoms with Crippen LogP contribution in [0.3, 0.4) is 0 Å². The van der Waals surface area contributed by atoms with Gasteiger partial charge in [0.05, 0.1) is 22.0 Å². The van der Waals surface area contributed by atoms with Crippen LogP contribution in [-0.4, -0.2) is 43.0 Å². The van der Waals surface area contributed by atoms with Crippen LogP contribution in [0.1, 0.15) is 43.0 Å². The Morgan fingerprint density at radius 1 is 1.08 bits per heavy atom. The highest BCUT2D eigenvalue weighted by molar-refractivity contribution is 6.38. The monoisotopic (exact) mass is 509 g/mol. The lowest BCUT2D eigenvalue weighted by molar-refractivity contribution is 0.340. The van der Waals surface area contributed by atoms with Crippen molar-refractivity contribution in [1.82, 2.24) is 29.9 Å². The Kier molecular flexibility index (Phi) is 4.96. The predicted molar refractivity (Wildman–Crippen MR) is 142 cm³/mol. The van der Waals surface area contributed by atoms with Gasteiger partial charge >= 0.3 is 0 Å². The molecule has 2 fully saturated rings. The molecule has 0 spiro atoms. The summed E-state index contributed by atoms with van der Waals surface area (Å²) in [4.78, 5) is 11.5. The van der Waals surface area contributed by atoms with Crippen molar-refractivity contribution in [2.24, 2.45) is 5.73 Å². The number of anilines is 1. The first kappa shape index (κ1) is 22.2. The zero-order valence-corrected chi connectivity index (χ0v) is 20.8. The van der Waals surface area contributed by atoms with Crippen LogP contribution in [0.2, 0.25) is 5.02 Å². The van der Waals surface area contributed by atoms with Gasteiger partial charge in [-0.3, -0.25) is 9.78 Å². The summed E-state index contributed by atoms with van der Waals surface area (Å²) in [5.74, 6) is 0.502. The predicted octanol–water partition coefficient (Wildman–Crippen LogP) is 4.68. The molecule has 3 N–H and O–H groups in total. The largest absolute Gasteiger partial charge is 0.341 e. The van der Waals surface area contributed by atoms with Gasteiger partial charge in [-0.15, -0.1) is 0 Å². The van der Waals surface area contributed by atoms with Crippen molar-refractivity contribution in [3.05, 3.63) is 64.9 Å². The molecule has 0 atom stereocenters. The molecule has 1 aliphatic heterocycles. The van der Waals surface area contributed by atoms with Crippen molar-refractivity contribution < 1.29 is 0 Å². The molecule has 1 saturated heterocycles. The molecular weight excluding hydrogens is 486 g/mol. The fourth-order valence-corrected chi connectivity index (χ4v) is 5.59. The van der Waals surface area contributed by atoms with Crippen LogP contribution in [0.5, 0.6) is 0 Å². The van der Waals surface area contributed by atoms with E-state index in [0.29, 0.717) is 46.8 Å². The first-order valence-corrected chi connectivity index (χ1v) is 12.9. The summed E-state index contributed by atoms with van der Waals surface area (Å²) in [5, 5.41) is 24.2. The Morgan fingerprint density at radius 2 is 1.86 bits per heavy atom. The van der Waals surface area contributed by atoms with Crippen LogP contribution in [0.25, 0.3) is 33.2 Å². The second-order valence-corrected chi connectivity index (χ2v) is 10.4. The van der Waals surface area contributed by atoms with Crippen molar-refractivity contribution in [2.45, 2.75) is 37.3 Å². The quantitative estimate of drug-likeness (QED) is 0.360. The SMILES string of the molecule is N#Cc1nc(N2CCC(N)(c3ccccc3)CC2)nc2[nH]nc(-c3ccc4nn(C5CC5)cc4c3Cl)c12. The Hall–Kier alpha value is -4.00. The number of aromatic nitrogens is 6. The summed E-state index contributed by atoms with van der Waals surface area (Å²) in [5.41, 5.74) is 10.4. The van der Waals surface area contributed by atoms with E-state index in [9.17, 15) is 5.26 Å². The minimum atomic E-state index is -0.385. The molecular formula is C27H24ClN9. The Labute approximate surface area is 217 Å². The summed E-state index contributed by atoms with van der Waals surface area (Å²) < 4.78 is 1.99. The number of hydrogen-bond acceptors (Lipinski definition) is 7. The number of hydrogen-bond donors (Lipinski definition) is 2. The minimum absolute atomic E-state index is 0.265. The molecule has 5 aromatic rings. The molecule has 2 aliphatic rings. The van der Waals surface area contributed by atoms with E-state index in [-0.39, 0.29) is 11.2 Å². The molecule has 4 heterocycles. The average molecular weight is 510 g/mol. The van der Waals surface area contributed by atoms with E-state index in [0.717, 1.165) is 47.7 Å². The van der Waals surface area contributed by atoms with Crippen LogP contribution in [0.4, 0.5) is 5.95 Å². The molecule has 1 saturated carbocycles. The van der Waals surface area contributed by atoms with Gasteiger partial charge in [-0.05, 0) is 43.4 Å². The molecule has 10 heteroatoms. The van der Waals surface area contributed by atoms with Gasteiger partial charge in [0.2, 0.25) is 5.95 Å². The number of halogens is 1. The van der Waals surface area contributed by atoms with E-state index < -0.39 is 0 Å². The third kappa shape index (κ3) is 3.64. The third-order valence-electron chi connectivity index (χ3n) is 7.62. The smallest absolute Gasteiger partial charge is 0.228 e. The maximum atomic E-state index is 10.0. The fraction of sp³-hybridized carbons (Fsp3) is 0.296. The van der Waals surface area contributed by atoms with Gasteiger partial charge in [0.15, 0.2) is 11.3 Å². The Bertz CT molecular complexity index is 1690. The normalized spacial score (nSPS) is 17.4. The van der Waals surface area contributed by atoms with Gasteiger partial charge in [-0.25, -0.2) is 4.98 Å². The number of piperidine rings is 1. The molecule has 0 bridgehead atoms. The molecule has 3 aromatic heterocycles. The summed E-state index contributed by atoms with van der Waals surface area (Å²) in [6, 6.07) is 16.7. The van der Waals surface area contributed by atoms with Gasteiger partial charge in [0.1, 0.15) is 11.8 Å². The van der Waals surface area contributed by atoms with Crippen LogP contribution >= 0.6 is 11.6 Å². The highest BCUT2D eigenvalue weighted by atomic mass is 35.5. The Morgan fingerprint density at radius 3 is 2.59 bits per heavy atom. The average Bonchev–Trinajstić information content (AvgIpc) is 3.55. The standard InChI is InChI=1S/C27H24ClN9/c28-23-18(8-9-20-19(23)15-37(35-20)17-6-7-17)24-22-21(14-29)31-26(32-25(22)34-33-24)36-12-10-27(30,11-13-36)16-4-2-1-3-5-16/h1-5,8-9,15,17H,6-7,10-13,30H2,(H,31,32,33,34). The number of benzene rings is 2. The highest BCUT2D eigenvalue weighted by Crippen LogP contribution is 2.40. The maximum Gasteiger partial charge on any atom is 0.228 e. The lowest BCUT2D eigenvalue weighted by Gasteiger charge is -2.39. The van der Waals surface area contributed by atoms with E-state index >= 15 is 0 Å². The number of fused-ring (bicyclic) bond motifs is 2. The topological polar surface area (TPSA) is 125 Å². The molecule has 184 valence electrons. The summed E-state index contributed by atoms with van der Waals surface area (Å²) >= 11 is 6.85. The molecule has 0 amide bonds. The van der Waals surface area contributed by atoms with Gasteiger partial charge in [-0.1, -0.05) is 41.9 Å². The maximum absolute atomic E-state index is 10.0. The van der Waals surface area contributed by atoms with Crippen molar-refractivity contribution in [3.63, 3.8) is 0 Å². The summed E-state index contributed by atoms with van der Waals surface area (Å²) in [6.07, 6.45) is 5.81.